The highest BCUT2D eigenvalue weighted by molar-refractivity contribution is 5.13. The van der Waals surface area contributed by atoms with Crippen LogP contribution in [0.15, 0.2) is 30.3 Å². The Morgan fingerprint density at radius 2 is 1.24 bits per heavy atom. The molecule has 0 amide bonds. The first-order valence-corrected chi connectivity index (χ1v) is 10.3. The number of hydrogen-bond acceptors (Lipinski definition) is 7. The van der Waals surface area contributed by atoms with Crippen LogP contribution in [0, 0.1) is 0 Å². The smallest absolute Gasteiger partial charge is 0.163 e. The topological polar surface area (TPSA) is 64.6 Å². The minimum Gasteiger partial charge on any atom is -0.371 e. The van der Waals surface area contributed by atoms with Crippen LogP contribution in [0.4, 0.5) is 0 Å². The number of hydrogen-bond donors (Lipinski definition) is 0. The molecule has 1 aromatic carbocycles. The molecule has 1 aromatic rings. The molecule has 0 unspecified atom stereocenters. The van der Waals surface area contributed by atoms with E-state index in [1.165, 1.54) is 0 Å². The van der Waals surface area contributed by atoms with Gasteiger partial charge in [0.2, 0.25) is 0 Å². The molecule has 0 atom stereocenters. The number of ether oxygens (including phenoxy) is 7. The summed E-state index contributed by atoms with van der Waals surface area (Å²) in [6, 6.07) is 10.1. The van der Waals surface area contributed by atoms with Crippen molar-refractivity contribution in [3.8, 4) is 0 Å². The summed E-state index contributed by atoms with van der Waals surface area (Å²) in [5, 5.41) is 0. The zero-order valence-corrected chi connectivity index (χ0v) is 17.9. The van der Waals surface area contributed by atoms with Crippen LogP contribution < -0.4 is 0 Å². The fourth-order valence-electron chi connectivity index (χ4n) is 2.97. The molecule has 2 aliphatic heterocycles. The maximum absolute atomic E-state index is 6.08. The van der Waals surface area contributed by atoms with E-state index in [0.717, 1.165) is 5.56 Å². The molecule has 2 heterocycles. The van der Waals surface area contributed by atoms with Crippen molar-refractivity contribution in [2.45, 2.75) is 64.2 Å². The second-order valence-electron chi connectivity index (χ2n) is 8.37. The molecule has 0 aromatic heterocycles. The molecule has 3 rings (SSSR count). The normalized spacial score (nSPS) is 22.8. The van der Waals surface area contributed by atoms with E-state index in [9.17, 15) is 0 Å². The quantitative estimate of drug-likeness (QED) is 0.620. The summed E-state index contributed by atoms with van der Waals surface area (Å²) in [4.78, 5) is 0. The Kier molecular flexibility index (Phi) is 8.04. The number of benzene rings is 1. The lowest BCUT2D eigenvalue weighted by Gasteiger charge is -2.36. The molecule has 7 heteroatoms. The lowest BCUT2D eigenvalue weighted by Crippen LogP contribution is -2.45. The van der Waals surface area contributed by atoms with Crippen molar-refractivity contribution in [3.63, 3.8) is 0 Å². The second kappa shape index (κ2) is 10.3. The molecule has 2 aliphatic rings. The van der Waals surface area contributed by atoms with Crippen molar-refractivity contribution in [3.05, 3.63) is 35.9 Å². The van der Waals surface area contributed by atoms with E-state index in [-0.39, 0.29) is 18.3 Å². The van der Waals surface area contributed by atoms with Gasteiger partial charge < -0.3 is 33.2 Å². The molecule has 7 nitrogen and oxygen atoms in total. The third kappa shape index (κ3) is 7.94. The van der Waals surface area contributed by atoms with E-state index in [4.69, 9.17) is 33.2 Å². The van der Waals surface area contributed by atoms with Gasteiger partial charge in [0.15, 0.2) is 11.6 Å². The monoisotopic (exact) mass is 410 g/mol. The van der Waals surface area contributed by atoms with Crippen LogP contribution in [0.2, 0.25) is 0 Å². The first-order valence-electron chi connectivity index (χ1n) is 10.3. The molecule has 0 aliphatic carbocycles. The van der Waals surface area contributed by atoms with Crippen LogP contribution in [-0.2, 0) is 39.8 Å². The van der Waals surface area contributed by atoms with Crippen molar-refractivity contribution in [2.24, 2.45) is 0 Å². The third-order valence-electron chi connectivity index (χ3n) is 4.83. The minimum absolute atomic E-state index is 0.118. The lowest BCUT2D eigenvalue weighted by atomic mass is 10.2. The Morgan fingerprint density at radius 3 is 1.69 bits per heavy atom. The molecule has 0 radical (unpaired) electrons. The van der Waals surface area contributed by atoms with Crippen LogP contribution >= 0.6 is 0 Å². The Bertz CT molecular complexity index is 552. The minimum atomic E-state index is -0.555. The van der Waals surface area contributed by atoms with E-state index in [1.54, 1.807) is 0 Å². The number of rotatable bonds is 9. The standard InChI is InChI=1S/C22H34O7/c1-21(2)26-13-19(14-27-21)24-11-18(23-10-17-8-6-5-7-9-17)12-25-20-15-28-22(3,4)29-16-20/h5-9,18-20H,10-16H2,1-4H3. The van der Waals surface area contributed by atoms with Gasteiger partial charge in [-0.3, -0.25) is 0 Å². The summed E-state index contributed by atoms with van der Waals surface area (Å²) in [5.74, 6) is -1.11. The van der Waals surface area contributed by atoms with Gasteiger partial charge >= 0.3 is 0 Å². The van der Waals surface area contributed by atoms with Gasteiger partial charge in [0.05, 0.1) is 46.2 Å². The SMILES string of the molecule is CC1(C)OCC(OCC(COC2COC(C)(C)OC2)OCc2ccccc2)CO1. The fraction of sp³-hybridized carbons (Fsp3) is 0.727. The van der Waals surface area contributed by atoms with E-state index in [2.05, 4.69) is 0 Å². The van der Waals surface area contributed by atoms with Gasteiger partial charge in [-0.05, 0) is 33.3 Å². The zero-order chi connectivity index (χ0) is 20.7. The van der Waals surface area contributed by atoms with Crippen molar-refractivity contribution in [1.29, 1.82) is 0 Å². The molecule has 0 bridgehead atoms. The van der Waals surface area contributed by atoms with Crippen molar-refractivity contribution in [1.82, 2.24) is 0 Å². The van der Waals surface area contributed by atoms with Crippen LogP contribution in [0.5, 0.6) is 0 Å². The average Bonchev–Trinajstić information content (AvgIpc) is 2.70. The van der Waals surface area contributed by atoms with Gasteiger partial charge in [0, 0.05) is 0 Å². The highest BCUT2D eigenvalue weighted by Gasteiger charge is 2.31. The molecule has 2 saturated heterocycles. The first kappa shape index (κ1) is 22.6. The van der Waals surface area contributed by atoms with Crippen LogP contribution in [0.1, 0.15) is 33.3 Å². The summed E-state index contributed by atoms with van der Waals surface area (Å²) in [6.45, 7) is 10.9. The largest absolute Gasteiger partial charge is 0.371 e. The van der Waals surface area contributed by atoms with Crippen LogP contribution in [0.3, 0.4) is 0 Å². The second-order valence-corrected chi connectivity index (χ2v) is 8.37. The maximum Gasteiger partial charge on any atom is 0.163 e. The molecule has 29 heavy (non-hydrogen) atoms. The third-order valence-corrected chi connectivity index (χ3v) is 4.83. The maximum atomic E-state index is 6.08. The summed E-state index contributed by atoms with van der Waals surface area (Å²) in [5.41, 5.74) is 1.11. The highest BCUT2D eigenvalue weighted by atomic mass is 16.7. The fourth-order valence-corrected chi connectivity index (χ4v) is 2.97. The van der Waals surface area contributed by atoms with Gasteiger partial charge in [-0.15, -0.1) is 0 Å². The summed E-state index contributed by atoms with van der Waals surface area (Å²) >= 11 is 0. The van der Waals surface area contributed by atoms with Gasteiger partial charge in [-0.2, -0.15) is 0 Å². The predicted molar refractivity (Wildman–Crippen MR) is 106 cm³/mol. The zero-order valence-electron chi connectivity index (χ0n) is 17.9. The Balaban J connectivity index is 1.46. The first-order chi connectivity index (χ1) is 13.8. The van der Waals surface area contributed by atoms with Crippen molar-refractivity contribution >= 4 is 0 Å². The van der Waals surface area contributed by atoms with Crippen LogP contribution in [0.25, 0.3) is 0 Å². The van der Waals surface area contributed by atoms with Gasteiger partial charge in [0.25, 0.3) is 0 Å². The Labute approximate surface area is 173 Å². The summed E-state index contributed by atoms with van der Waals surface area (Å²) < 4.78 is 40.7. The molecule has 2 fully saturated rings. The van der Waals surface area contributed by atoms with E-state index in [1.807, 2.05) is 58.0 Å². The van der Waals surface area contributed by atoms with E-state index in [0.29, 0.717) is 46.2 Å². The van der Waals surface area contributed by atoms with Crippen molar-refractivity contribution in [2.75, 3.05) is 39.6 Å². The summed E-state index contributed by atoms with van der Waals surface area (Å²) in [7, 11) is 0. The van der Waals surface area contributed by atoms with Crippen molar-refractivity contribution < 1.29 is 33.2 Å². The van der Waals surface area contributed by atoms with Gasteiger partial charge in [-0.25, -0.2) is 0 Å². The predicted octanol–water partition coefficient (Wildman–Crippen LogP) is 2.91. The Hall–Kier alpha value is -1.06. The highest BCUT2D eigenvalue weighted by Crippen LogP contribution is 2.20. The van der Waals surface area contributed by atoms with E-state index >= 15 is 0 Å². The summed E-state index contributed by atoms with van der Waals surface area (Å²) in [6.07, 6.45) is -0.457. The molecule has 0 spiro atoms. The molecule has 164 valence electrons. The van der Waals surface area contributed by atoms with E-state index < -0.39 is 11.6 Å². The van der Waals surface area contributed by atoms with Gasteiger partial charge in [0.1, 0.15) is 18.3 Å². The molecule has 0 saturated carbocycles. The van der Waals surface area contributed by atoms with Gasteiger partial charge in [-0.1, -0.05) is 30.3 Å². The van der Waals surface area contributed by atoms with Crippen LogP contribution in [-0.4, -0.2) is 69.5 Å². The lowest BCUT2D eigenvalue weighted by molar-refractivity contribution is -0.287. The Morgan fingerprint density at radius 1 is 0.793 bits per heavy atom. The molecule has 0 N–H and O–H groups in total. The molecular formula is C22H34O7. The molecular weight excluding hydrogens is 376 g/mol. The average molecular weight is 411 g/mol.